The summed E-state index contributed by atoms with van der Waals surface area (Å²) < 4.78 is 3.78. The zero-order valence-electron chi connectivity index (χ0n) is 15.4. The summed E-state index contributed by atoms with van der Waals surface area (Å²) in [5, 5.41) is 7.85. The first kappa shape index (κ1) is 17.5. The molecule has 3 heterocycles. The molecule has 0 spiro atoms. The lowest BCUT2D eigenvalue weighted by Gasteiger charge is -2.11. The van der Waals surface area contributed by atoms with Gasteiger partial charge in [0.1, 0.15) is 0 Å². The van der Waals surface area contributed by atoms with Crippen molar-refractivity contribution in [1.29, 1.82) is 0 Å². The Morgan fingerprint density at radius 1 is 1.19 bits per heavy atom. The van der Waals surface area contributed by atoms with Crippen molar-refractivity contribution in [2.45, 2.75) is 26.4 Å². The number of benzene rings is 1. The van der Waals surface area contributed by atoms with Gasteiger partial charge in [0, 0.05) is 31.4 Å². The number of nitrogens with zero attached hydrogens (tertiary/aromatic N) is 6. The van der Waals surface area contributed by atoms with E-state index in [0.29, 0.717) is 17.9 Å². The minimum absolute atomic E-state index is 0.202. The number of imidazole rings is 1. The summed E-state index contributed by atoms with van der Waals surface area (Å²) in [7, 11) is 1.91. The number of aromatic nitrogens is 6. The molecule has 0 aliphatic carbocycles. The lowest BCUT2D eigenvalue weighted by Crippen LogP contribution is -2.06. The van der Waals surface area contributed by atoms with Gasteiger partial charge >= 0.3 is 0 Å². The van der Waals surface area contributed by atoms with Crippen LogP contribution in [0.1, 0.15) is 25.5 Å². The molecule has 0 aliphatic heterocycles. The first-order chi connectivity index (χ1) is 13.0. The molecule has 1 N–H and O–H groups in total. The van der Waals surface area contributed by atoms with Crippen LogP contribution >= 0.6 is 11.6 Å². The second-order valence-corrected chi connectivity index (χ2v) is 7.01. The van der Waals surface area contributed by atoms with Crippen LogP contribution in [0.4, 0.5) is 5.82 Å². The van der Waals surface area contributed by atoms with Crippen LogP contribution in [0, 0.1) is 0 Å². The number of rotatable bonds is 5. The quantitative estimate of drug-likeness (QED) is 0.527. The van der Waals surface area contributed by atoms with Crippen LogP contribution in [0.2, 0.25) is 5.28 Å². The molecule has 0 unspecified atom stereocenters. The Morgan fingerprint density at radius 3 is 2.74 bits per heavy atom. The monoisotopic (exact) mass is 381 g/mol. The highest BCUT2D eigenvalue weighted by Gasteiger charge is 2.15. The molecule has 0 saturated carbocycles. The molecule has 3 aromatic heterocycles. The van der Waals surface area contributed by atoms with Crippen molar-refractivity contribution in [2.75, 3.05) is 5.32 Å². The fourth-order valence-electron chi connectivity index (χ4n) is 3.09. The minimum atomic E-state index is 0.202. The van der Waals surface area contributed by atoms with Gasteiger partial charge in [-0.1, -0.05) is 24.3 Å². The molecule has 0 bridgehead atoms. The average Bonchev–Trinajstić information content (AvgIpc) is 3.26. The van der Waals surface area contributed by atoms with Crippen molar-refractivity contribution >= 4 is 28.6 Å². The zero-order valence-corrected chi connectivity index (χ0v) is 16.1. The maximum absolute atomic E-state index is 6.15. The van der Waals surface area contributed by atoms with Gasteiger partial charge in [0.2, 0.25) is 5.28 Å². The van der Waals surface area contributed by atoms with Gasteiger partial charge in [-0.05, 0) is 36.6 Å². The molecule has 7 nitrogen and oxygen atoms in total. The smallest absolute Gasteiger partial charge is 0.226 e. The van der Waals surface area contributed by atoms with E-state index in [-0.39, 0.29) is 11.3 Å². The third-order valence-electron chi connectivity index (χ3n) is 4.43. The van der Waals surface area contributed by atoms with Crippen LogP contribution < -0.4 is 5.32 Å². The Bertz CT molecular complexity index is 1100. The van der Waals surface area contributed by atoms with Gasteiger partial charge in [-0.3, -0.25) is 4.68 Å². The van der Waals surface area contributed by atoms with Gasteiger partial charge in [-0.2, -0.15) is 15.1 Å². The molecule has 0 saturated heterocycles. The molecule has 0 atom stereocenters. The molecule has 1 aromatic carbocycles. The SMILES string of the molecule is CC(C)n1cnc2c(NCc3ccccc3-c3cnn(C)c3)nc(Cl)nc21. The molecule has 4 rings (SSSR count). The second-order valence-electron chi connectivity index (χ2n) is 6.67. The zero-order chi connectivity index (χ0) is 19.0. The summed E-state index contributed by atoms with van der Waals surface area (Å²) in [6.07, 6.45) is 5.64. The van der Waals surface area contributed by atoms with Crippen LogP contribution in [-0.2, 0) is 13.6 Å². The van der Waals surface area contributed by atoms with E-state index >= 15 is 0 Å². The number of aryl methyl sites for hydroxylation is 1. The van der Waals surface area contributed by atoms with Gasteiger partial charge in [-0.25, -0.2) is 4.98 Å². The number of anilines is 1. The first-order valence-corrected chi connectivity index (χ1v) is 9.11. The van der Waals surface area contributed by atoms with E-state index in [2.05, 4.69) is 51.3 Å². The van der Waals surface area contributed by atoms with E-state index in [4.69, 9.17) is 11.6 Å². The number of hydrogen-bond acceptors (Lipinski definition) is 5. The van der Waals surface area contributed by atoms with Gasteiger partial charge in [0.25, 0.3) is 0 Å². The Balaban J connectivity index is 1.67. The third kappa shape index (κ3) is 3.38. The lowest BCUT2D eigenvalue weighted by atomic mass is 10.0. The van der Waals surface area contributed by atoms with Gasteiger partial charge < -0.3 is 9.88 Å². The van der Waals surface area contributed by atoms with E-state index in [1.807, 2.05) is 36.1 Å². The highest BCUT2D eigenvalue weighted by molar-refractivity contribution is 6.28. The average molecular weight is 382 g/mol. The molecule has 0 radical (unpaired) electrons. The highest BCUT2D eigenvalue weighted by atomic mass is 35.5. The molecule has 0 fully saturated rings. The van der Waals surface area contributed by atoms with Crippen LogP contribution in [0.5, 0.6) is 0 Å². The predicted octanol–water partition coefficient (Wildman–Crippen LogP) is 4.07. The topological polar surface area (TPSA) is 73.5 Å². The van der Waals surface area contributed by atoms with E-state index in [1.54, 1.807) is 11.0 Å². The van der Waals surface area contributed by atoms with Crippen molar-refractivity contribution < 1.29 is 0 Å². The summed E-state index contributed by atoms with van der Waals surface area (Å²) >= 11 is 6.15. The van der Waals surface area contributed by atoms with Gasteiger partial charge in [-0.15, -0.1) is 0 Å². The Morgan fingerprint density at radius 2 is 2.00 bits per heavy atom. The van der Waals surface area contributed by atoms with Crippen LogP contribution in [0.15, 0.2) is 43.0 Å². The molecule has 0 aliphatic rings. The Kier molecular flexibility index (Phi) is 4.53. The highest BCUT2D eigenvalue weighted by Crippen LogP contribution is 2.26. The maximum Gasteiger partial charge on any atom is 0.226 e. The number of hydrogen-bond donors (Lipinski definition) is 1. The summed E-state index contributed by atoms with van der Waals surface area (Å²) in [5.41, 5.74) is 4.78. The Labute approximate surface area is 162 Å². The maximum atomic E-state index is 6.15. The van der Waals surface area contributed by atoms with Crippen LogP contribution in [-0.4, -0.2) is 29.3 Å². The van der Waals surface area contributed by atoms with E-state index in [1.165, 1.54) is 0 Å². The molecule has 138 valence electrons. The van der Waals surface area contributed by atoms with Gasteiger partial charge in [0.15, 0.2) is 17.0 Å². The normalized spacial score (nSPS) is 11.4. The number of fused-ring (bicyclic) bond motifs is 1. The summed E-state index contributed by atoms with van der Waals surface area (Å²) in [5.74, 6) is 0.630. The molecule has 27 heavy (non-hydrogen) atoms. The first-order valence-electron chi connectivity index (χ1n) is 8.74. The fraction of sp³-hybridized carbons (Fsp3) is 0.263. The van der Waals surface area contributed by atoms with Crippen molar-refractivity contribution in [3.8, 4) is 11.1 Å². The van der Waals surface area contributed by atoms with E-state index in [0.717, 1.165) is 22.3 Å². The largest absolute Gasteiger partial charge is 0.364 e. The minimum Gasteiger partial charge on any atom is -0.364 e. The van der Waals surface area contributed by atoms with Crippen molar-refractivity contribution in [3.63, 3.8) is 0 Å². The van der Waals surface area contributed by atoms with Crippen molar-refractivity contribution in [1.82, 2.24) is 29.3 Å². The number of nitrogens with one attached hydrogen (secondary N) is 1. The summed E-state index contributed by atoms with van der Waals surface area (Å²) in [4.78, 5) is 13.2. The molecule has 0 amide bonds. The fourth-order valence-corrected chi connectivity index (χ4v) is 3.25. The molecule has 4 aromatic rings. The van der Waals surface area contributed by atoms with E-state index < -0.39 is 0 Å². The summed E-state index contributed by atoms with van der Waals surface area (Å²) in [6.45, 7) is 4.74. The predicted molar refractivity (Wildman–Crippen MR) is 107 cm³/mol. The van der Waals surface area contributed by atoms with Gasteiger partial charge in [0.05, 0.1) is 12.5 Å². The van der Waals surface area contributed by atoms with E-state index in [9.17, 15) is 0 Å². The van der Waals surface area contributed by atoms with Crippen molar-refractivity contribution in [2.24, 2.45) is 7.05 Å². The molecular weight excluding hydrogens is 362 g/mol. The standard InChI is InChI=1S/C19H20ClN7/c1-12(2)27-11-22-16-17(24-19(20)25-18(16)27)21-8-13-6-4-5-7-15(13)14-9-23-26(3)10-14/h4-7,9-12H,8H2,1-3H3,(H,21,24,25). The second kappa shape index (κ2) is 7.00. The van der Waals surface area contributed by atoms with Crippen LogP contribution in [0.3, 0.4) is 0 Å². The number of halogens is 1. The molecule has 8 heteroatoms. The lowest BCUT2D eigenvalue weighted by molar-refractivity contribution is 0.612. The molecular formula is C19H20ClN7. The van der Waals surface area contributed by atoms with Crippen molar-refractivity contribution in [3.05, 3.63) is 53.8 Å². The van der Waals surface area contributed by atoms with Crippen LogP contribution in [0.25, 0.3) is 22.3 Å². The Hall–Kier alpha value is -2.93. The summed E-state index contributed by atoms with van der Waals surface area (Å²) in [6, 6.07) is 8.45. The third-order valence-corrected chi connectivity index (χ3v) is 4.60.